The number of aromatic nitrogens is 1. The number of nitrogens with zero attached hydrogens (tertiary/aromatic N) is 1. The van der Waals surface area contributed by atoms with Crippen LogP contribution in [0.3, 0.4) is 0 Å². The van der Waals surface area contributed by atoms with E-state index in [0.29, 0.717) is 0 Å². The zero-order valence-electron chi connectivity index (χ0n) is 9.68. The number of fused-ring (bicyclic) bond motifs is 1. The summed E-state index contributed by atoms with van der Waals surface area (Å²) in [6.45, 7) is 0. The summed E-state index contributed by atoms with van der Waals surface area (Å²) in [4.78, 5) is 4.62. The van der Waals surface area contributed by atoms with E-state index >= 15 is 0 Å². The highest BCUT2D eigenvalue weighted by atomic mass is 35.5. The van der Waals surface area contributed by atoms with Crippen LogP contribution in [0, 0.1) is 0 Å². The smallest absolute Gasteiger partial charge is 0.124 e. The van der Waals surface area contributed by atoms with Gasteiger partial charge >= 0.3 is 0 Å². The average Bonchev–Trinajstić information content (AvgIpc) is 2.82. The Hall–Kier alpha value is -1.58. The van der Waals surface area contributed by atoms with Crippen molar-refractivity contribution in [3.05, 3.63) is 47.5 Å². The lowest BCUT2D eigenvalue weighted by Crippen LogP contribution is -1.81. The van der Waals surface area contributed by atoms with Crippen LogP contribution in [0.15, 0.2) is 42.5 Å². The monoisotopic (exact) mass is 275 g/mol. The van der Waals surface area contributed by atoms with Crippen molar-refractivity contribution < 1.29 is 4.74 Å². The Morgan fingerprint density at radius 2 is 1.89 bits per heavy atom. The summed E-state index contributed by atoms with van der Waals surface area (Å²) < 4.78 is 6.35. The number of thiazole rings is 1. The standard InChI is InChI=1S/C14H10ClNOS/c1-17-11-6-7-13-12(8-11)16-14(18-13)9-2-4-10(15)5-3-9/h2-8H,1H3. The molecular weight excluding hydrogens is 266 g/mol. The van der Waals surface area contributed by atoms with Gasteiger partial charge in [-0.2, -0.15) is 0 Å². The molecule has 0 fully saturated rings. The highest BCUT2D eigenvalue weighted by Crippen LogP contribution is 2.32. The summed E-state index contributed by atoms with van der Waals surface area (Å²) in [7, 11) is 1.66. The van der Waals surface area contributed by atoms with Gasteiger partial charge in [0.15, 0.2) is 0 Å². The summed E-state index contributed by atoms with van der Waals surface area (Å²) in [6, 6.07) is 13.7. The first kappa shape index (κ1) is 11.5. The molecule has 0 bridgehead atoms. The van der Waals surface area contributed by atoms with Crippen molar-refractivity contribution in [3.63, 3.8) is 0 Å². The van der Waals surface area contributed by atoms with E-state index in [0.717, 1.165) is 31.6 Å². The summed E-state index contributed by atoms with van der Waals surface area (Å²) in [5.41, 5.74) is 2.05. The quantitative estimate of drug-likeness (QED) is 0.680. The van der Waals surface area contributed by atoms with Gasteiger partial charge in [0.1, 0.15) is 10.8 Å². The molecule has 0 saturated heterocycles. The van der Waals surface area contributed by atoms with E-state index in [-0.39, 0.29) is 0 Å². The Kier molecular flexibility index (Phi) is 2.94. The summed E-state index contributed by atoms with van der Waals surface area (Å²) in [6.07, 6.45) is 0. The number of methoxy groups -OCH3 is 1. The normalized spacial score (nSPS) is 10.8. The molecule has 3 aromatic rings. The Labute approximate surface area is 114 Å². The second-order valence-electron chi connectivity index (χ2n) is 3.86. The number of halogens is 1. The average molecular weight is 276 g/mol. The van der Waals surface area contributed by atoms with Crippen molar-refractivity contribution in [2.45, 2.75) is 0 Å². The van der Waals surface area contributed by atoms with E-state index in [1.165, 1.54) is 0 Å². The number of hydrogen-bond acceptors (Lipinski definition) is 3. The summed E-state index contributed by atoms with van der Waals surface area (Å²) in [5.74, 6) is 0.829. The zero-order valence-corrected chi connectivity index (χ0v) is 11.3. The second-order valence-corrected chi connectivity index (χ2v) is 5.33. The van der Waals surface area contributed by atoms with Crippen molar-refractivity contribution in [3.8, 4) is 16.3 Å². The molecule has 18 heavy (non-hydrogen) atoms. The fourth-order valence-corrected chi connectivity index (χ4v) is 2.83. The molecule has 0 aliphatic heterocycles. The van der Waals surface area contributed by atoms with Gasteiger partial charge in [-0.1, -0.05) is 23.7 Å². The largest absolute Gasteiger partial charge is 0.497 e. The molecule has 90 valence electrons. The molecular formula is C14H10ClNOS. The molecule has 0 unspecified atom stereocenters. The zero-order chi connectivity index (χ0) is 12.5. The Morgan fingerprint density at radius 1 is 1.11 bits per heavy atom. The topological polar surface area (TPSA) is 22.1 Å². The molecule has 0 amide bonds. The molecule has 0 aliphatic rings. The lowest BCUT2D eigenvalue weighted by atomic mass is 10.2. The molecule has 4 heteroatoms. The van der Waals surface area contributed by atoms with E-state index in [9.17, 15) is 0 Å². The Balaban J connectivity index is 2.10. The molecule has 0 radical (unpaired) electrons. The maximum atomic E-state index is 5.88. The van der Waals surface area contributed by atoms with E-state index in [2.05, 4.69) is 4.98 Å². The van der Waals surface area contributed by atoms with E-state index < -0.39 is 0 Å². The fourth-order valence-electron chi connectivity index (χ4n) is 1.75. The highest BCUT2D eigenvalue weighted by Gasteiger charge is 2.07. The maximum absolute atomic E-state index is 5.88. The second kappa shape index (κ2) is 4.59. The van der Waals surface area contributed by atoms with Gasteiger partial charge < -0.3 is 4.74 Å². The molecule has 2 aromatic carbocycles. The first-order valence-electron chi connectivity index (χ1n) is 5.47. The molecule has 3 rings (SSSR count). The van der Waals surface area contributed by atoms with Crippen LogP contribution in [0.5, 0.6) is 5.75 Å². The maximum Gasteiger partial charge on any atom is 0.124 e. The molecule has 0 atom stereocenters. The van der Waals surface area contributed by atoms with Crippen LogP contribution in [-0.4, -0.2) is 12.1 Å². The van der Waals surface area contributed by atoms with Gasteiger partial charge in [0.2, 0.25) is 0 Å². The van der Waals surface area contributed by atoms with Crippen LogP contribution < -0.4 is 4.74 Å². The lowest BCUT2D eigenvalue weighted by molar-refractivity contribution is 0.415. The number of hydrogen-bond donors (Lipinski definition) is 0. The highest BCUT2D eigenvalue weighted by molar-refractivity contribution is 7.21. The van der Waals surface area contributed by atoms with Gasteiger partial charge in [0.05, 0.1) is 17.3 Å². The van der Waals surface area contributed by atoms with Crippen LogP contribution in [0.2, 0.25) is 5.02 Å². The van der Waals surface area contributed by atoms with E-state index in [4.69, 9.17) is 16.3 Å². The molecule has 1 aromatic heterocycles. The Bertz CT molecular complexity index is 691. The lowest BCUT2D eigenvalue weighted by Gasteiger charge is -1.96. The predicted octanol–water partition coefficient (Wildman–Crippen LogP) is 4.63. The fraction of sp³-hybridized carbons (Fsp3) is 0.0714. The number of rotatable bonds is 2. The van der Waals surface area contributed by atoms with Crippen molar-refractivity contribution >= 4 is 33.2 Å². The van der Waals surface area contributed by atoms with Gasteiger partial charge in [0.25, 0.3) is 0 Å². The van der Waals surface area contributed by atoms with E-state index in [1.54, 1.807) is 18.4 Å². The molecule has 0 N–H and O–H groups in total. The van der Waals surface area contributed by atoms with Gasteiger partial charge in [-0.25, -0.2) is 4.98 Å². The summed E-state index contributed by atoms with van der Waals surface area (Å²) >= 11 is 7.55. The summed E-state index contributed by atoms with van der Waals surface area (Å²) in [5, 5.41) is 1.73. The van der Waals surface area contributed by atoms with Crippen molar-refractivity contribution in [2.24, 2.45) is 0 Å². The molecule has 0 aliphatic carbocycles. The predicted molar refractivity (Wildman–Crippen MR) is 76.6 cm³/mol. The van der Waals surface area contributed by atoms with Crippen LogP contribution >= 0.6 is 22.9 Å². The van der Waals surface area contributed by atoms with Gasteiger partial charge in [0, 0.05) is 16.7 Å². The van der Waals surface area contributed by atoms with Crippen molar-refractivity contribution in [1.82, 2.24) is 4.98 Å². The first-order valence-corrected chi connectivity index (χ1v) is 6.66. The minimum Gasteiger partial charge on any atom is -0.497 e. The van der Waals surface area contributed by atoms with Crippen molar-refractivity contribution in [1.29, 1.82) is 0 Å². The van der Waals surface area contributed by atoms with Gasteiger partial charge in [-0.05, 0) is 24.3 Å². The molecule has 2 nitrogen and oxygen atoms in total. The van der Waals surface area contributed by atoms with Crippen LogP contribution in [0.25, 0.3) is 20.8 Å². The van der Waals surface area contributed by atoms with Crippen molar-refractivity contribution in [2.75, 3.05) is 7.11 Å². The number of benzene rings is 2. The minimum absolute atomic E-state index is 0.738. The molecule has 1 heterocycles. The Morgan fingerprint density at radius 3 is 2.61 bits per heavy atom. The van der Waals surface area contributed by atoms with Crippen LogP contribution in [0.1, 0.15) is 0 Å². The first-order chi connectivity index (χ1) is 8.76. The third kappa shape index (κ3) is 2.07. The minimum atomic E-state index is 0.738. The van der Waals surface area contributed by atoms with Crippen LogP contribution in [0.4, 0.5) is 0 Å². The van der Waals surface area contributed by atoms with Gasteiger partial charge in [-0.3, -0.25) is 0 Å². The SMILES string of the molecule is COc1ccc2sc(-c3ccc(Cl)cc3)nc2c1. The van der Waals surface area contributed by atoms with E-state index in [1.807, 2.05) is 42.5 Å². The third-order valence-electron chi connectivity index (χ3n) is 2.69. The molecule has 0 spiro atoms. The third-order valence-corrected chi connectivity index (χ3v) is 4.02. The van der Waals surface area contributed by atoms with Gasteiger partial charge in [-0.15, -0.1) is 11.3 Å². The van der Waals surface area contributed by atoms with Crippen LogP contribution in [-0.2, 0) is 0 Å². The molecule has 0 saturated carbocycles. The number of ether oxygens (including phenoxy) is 1.